The molecule has 5 nitrogen and oxygen atoms in total. The molecule has 0 saturated carbocycles. The number of hydrogen-bond acceptors (Lipinski definition) is 5. The Hall–Kier alpha value is -1.75. The van der Waals surface area contributed by atoms with Crippen LogP contribution in [0.4, 0.5) is 0 Å². The van der Waals surface area contributed by atoms with Crippen molar-refractivity contribution in [3.8, 4) is 11.5 Å². The molecule has 0 radical (unpaired) electrons. The van der Waals surface area contributed by atoms with Gasteiger partial charge in [0.25, 0.3) is 0 Å². The summed E-state index contributed by atoms with van der Waals surface area (Å²) in [6, 6.07) is 5.85. The predicted molar refractivity (Wildman–Crippen MR) is 71.3 cm³/mol. The molecule has 0 N–H and O–H groups in total. The average molecular weight is 262 g/mol. The van der Waals surface area contributed by atoms with Crippen LogP contribution < -0.4 is 9.47 Å². The summed E-state index contributed by atoms with van der Waals surface area (Å²) < 4.78 is 10.7. The molecule has 1 atom stereocenters. The van der Waals surface area contributed by atoms with E-state index in [2.05, 4.69) is 23.9 Å². The van der Waals surface area contributed by atoms with E-state index in [-0.39, 0.29) is 18.6 Å². The van der Waals surface area contributed by atoms with Gasteiger partial charge in [0.15, 0.2) is 11.5 Å². The van der Waals surface area contributed by atoms with Crippen LogP contribution in [0.15, 0.2) is 23.4 Å². The van der Waals surface area contributed by atoms with Crippen molar-refractivity contribution in [3.05, 3.63) is 23.8 Å². The molecule has 2 aliphatic heterocycles. The molecule has 0 saturated heterocycles. The fourth-order valence-electron chi connectivity index (χ4n) is 2.21. The summed E-state index contributed by atoms with van der Waals surface area (Å²) in [6.45, 7) is 6.53. The summed E-state index contributed by atoms with van der Waals surface area (Å²) in [5.74, 6) is 1.54. The fraction of sp³-hybridized carbons (Fsp3) is 0.500. The third kappa shape index (κ3) is 1.85. The Morgan fingerprint density at radius 1 is 1.26 bits per heavy atom. The van der Waals surface area contributed by atoms with E-state index in [0.717, 1.165) is 22.8 Å². The lowest BCUT2D eigenvalue weighted by Crippen LogP contribution is -2.51. The van der Waals surface area contributed by atoms with Crippen LogP contribution in [0.25, 0.3) is 0 Å². The van der Waals surface area contributed by atoms with Gasteiger partial charge in [-0.25, -0.2) is 0 Å². The lowest BCUT2D eigenvalue weighted by Gasteiger charge is -2.42. The molecule has 0 amide bonds. The van der Waals surface area contributed by atoms with Crippen molar-refractivity contribution in [1.82, 2.24) is 4.90 Å². The lowest BCUT2D eigenvalue weighted by molar-refractivity contribution is -0.0934. The first-order valence-corrected chi connectivity index (χ1v) is 6.33. The van der Waals surface area contributed by atoms with Gasteiger partial charge in [-0.1, -0.05) is 5.16 Å². The third-order valence-electron chi connectivity index (χ3n) is 4.09. The molecule has 3 rings (SSSR count). The van der Waals surface area contributed by atoms with Crippen LogP contribution in [-0.4, -0.2) is 30.0 Å². The molecule has 19 heavy (non-hydrogen) atoms. The predicted octanol–water partition coefficient (Wildman–Crippen LogP) is 2.53. The first-order chi connectivity index (χ1) is 9.00. The molecular weight excluding hydrogens is 244 g/mol. The zero-order valence-electron chi connectivity index (χ0n) is 11.6. The normalized spacial score (nSPS) is 24.8. The van der Waals surface area contributed by atoms with Crippen molar-refractivity contribution in [1.29, 1.82) is 0 Å². The summed E-state index contributed by atoms with van der Waals surface area (Å²) in [6.07, 6.45) is -0.215. The SMILES string of the molecule is CC1=NO[C@@H](c2ccc3c(c2)OCO3)N(C)C1(C)C. The summed E-state index contributed by atoms with van der Waals surface area (Å²) in [5.41, 5.74) is 1.84. The van der Waals surface area contributed by atoms with Gasteiger partial charge in [-0.15, -0.1) is 0 Å². The topological polar surface area (TPSA) is 43.3 Å². The van der Waals surface area contributed by atoms with Gasteiger partial charge in [-0.3, -0.25) is 4.90 Å². The highest BCUT2D eigenvalue weighted by atomic mass is 16.7. The molecule has 102 valence electrons. The van der Waals surface area contributed by atoms with E-state index in [9.17, 15) is 0 Å². The lowest BCUT2D eigenvalue weighted by atomic mass is 9.95. The number of oxime groups is 1. The van der Waals surface area contributed by atoms with Crippen LogP contribution in [0.2, 0.25) is 0 Å². The Kier molecular flexibility index (Phi) is 2.67. The van der Waals surface area contributed by atoms with E-state index in [1.54, 1.807) is 0 Å². The number of nitrogens with zero attached hydrogens (tertiary/aromatic N) is 2. The average Bonchev–Trinajstić information content (AvgIpc) is 2.84. The maximum absolute atomic E-state index is 5.60. The minimum Gasteiger partial charge on any atom is -0.454 e. The standard InChI is InChI=1S/C14H18N2O3/c1-9-14(2,3)16(4)13(19-15-9)10-5-6-11-12(7-10)18-8-17-11/h5-7,13H,8H2,1-4H3/t13-/m0/s1. The van der Waals surface area contributed by atoms with Crippen molar-refractivity contribution >= 4 is 5.71 Å². The van der Waals surface area contributed by atoms with Crippen LogP contribution in [0.5, 0.6) is 11.5 Å². The molecule has 0 fully saturated rings. The molecule has 0 aliphatic carbocycles. The molecule has 5 heteroatoms. The van der Waals surface area contributed by atoms with Gasteiger partial charge in [0.1, 0.15) is 0 Å². The van der Waals surface area contributed by atoms with Crippen LogP contribution in [-0.2, 0) is 4.84 Å². The van der Waals surface area contributed by atoms with Crippen LogP contribution in [0, 0.1) is 0 Å². The third-order valence-corrected chi connectivity index (χ3v) is 4.09. The van der Waals surface area contributed by atoms with E-state index in [0.29, 0.717) is 0 Å². The zero-order valence-corrected chi connectivity index (χ0v) is 11.6. The van der Waals surface area contributed by atoms with Gasteiger partial charge < -0.3 is 14.3 Å². The highest BCUT2D eigenvalue weighted by Gasteiger charge is 2.38. The quantitative estimate of drug-likeness (QED) is 0.780. The largest absolute Gasteiger partial charge is 0.454 e. The maximum atomic E-state index is 5.60. The smallest absolute Gasteiger partial charge is 0.231 e. The molecule has 0 bridgehead atoms. The molecule has 1 aromatic rings. The molecule has 0 spiro atoms. The second-order valence-electron chi connectivity index (χ2n) is 5.42. The van der Waals surface area contributed by atoms with E-state index in [1.165, 1.54) is 0 Å². The second kappa shape index (κ2) is 4.13. The number of fused-ring (bicyclic) bond motifs is 1. The molecular formula is C14H18N2O3. The Bertz CT molecular complexity index is 539. The molecule has 2 aliphatic rings. The van der Waals surface area contributed by atoms with Crippen LogP contribution in [0.3, 0.4) is 0 Å². The first kappa shape index (κ1) is 12.3. The van der Waals surface area contributed by atoms with Gasteiger partial charge in [0.05, 0.1) is 11.3 Å². The number of ether oxygens (including phenoxy) is 2. The van der Waals surface area contributed by atoms with Gasteiger partial charge >= 0.3 is 0 Å². The van der Waals surface area contributed by atoms with E-state index >= 15 is 0 Å². The summed E-state index contributed by atoms with van der Waals surface area (Å²) >= 11 is 0. The maximum Gasteiger partial charge on any atom is 0.231 e. The van der Waals surface area contributed by atoms with Crippen molar-refractivity contribution in [2.24, 2.45) is 5.16 Å². The van der Waals surface area contributed by atoms with Gasteiger partial charge in [0.2, 0.25) is 13.0 Å². The highest BCUT2D eigenvalue weighted by molar-refractivity contribution is 5.90. The van der Waals surface area contributed by atoms with Crippen LogP contribution in [0.1, 0.15) is 32.6 Å². The number of rotatable bonds is 1. The van der Waals surface area contributed by atoms with E-state index in [1.807, 2.05) is 32.2 Å². The Morgan fingerprint density at radius 2 is 2.00 bits per heavy atom. The highest BCUT2D eigenvalue weighted by Crippen LogP contribution is 2.38. The molecule has 0 unspecified atom stereocenters. The summed E-state index contributed by atoms with van der Waals surface area (Å²) in [7, 11) is 2.04. The second-order valence-corrected chi connectivity index (χ2v) is 5.42. The monoisotopic (exact) mass is 262 g/mol. The fourth-order valence-corrected chi connectivity index (χ4v) is 2.21. The van der Waals surface area contributed by atoms with Crippen molar-refractivity contribution in [2.45, 2.75) is 32.5 Å². The molecule has 0 aromatic heterocycles. The minimum absolute atomic E-state index is 0.140. The minimum atomic E-state index is -0.215. The van der Waals surface area contributed by atoms with Crippen molar-refractivity contribution in [2.75, 3.05) is 13.8 Å². The molecule has 2 heterocycles. The van der Waals surface area contributed by atoms with E-state index in [4.69, 9.17) is 14.3 Å². The zero-order chi connectivity index (χ0) is 13.6. The van der Waals surface area contributed by atoms with Gasteiger partial charge in [0, 0.05) is 5.56 Å². The molecule has 1 aromatic carbocycles. The van der Waals surface area contributed by atoms with Gasteiger partial charge in [-0.2, -0.15) is 0 Å². The Morgan fingerprint density at radius 3 is 2.79 bits per heavy atom. The summed E-state index contributed by atoms with van der Waals surface area (Å²) in [4.78, 5) is 7.76. The van der Waals surface area contributed by atoms with Gasteiger partial charge in [-0.05, 0) is 46.0 Å². The number of benzene rings is 1. The first-order valence-electron chi connectivity index (χ1n) is 6.33. The van der Waals surface area contributed by atoms with Crippen LogP contribution >= 0.6 is 0 Å². The summed E-state index contributed by atoms with van der Waals surface area (Å²) in [5, 5.41) is 4.19. The Labute approximate surface area is 112 Å². The van der Waals surface area contributed by atoms with E-state index < -0.39 is 0 Å². The Balaban J connectivity index is 1.95. The van der Waals surface area contributed by atoms with Crippen molar-refractivity contribution < 1.29 is 14.3 Å². The van der Waals surface area contributed by atoms with Crippen molar-refractivity contribution in [3.63, 3.8) is 0 Å². The number of hydrogen-bond donors (Lipinski definition) is 0.